The van der Waals surface area contributed by atoms with Gasteiger partial charge in [-0.3, -0.25) is 0 Å². The molecule has 3 heteroatoms. The van der Waals surface area contributed by atoms with E-state index in [1.807, 2.05) is 0 Å². The third-order valence-electron chi connectivity index (χ3n) is 3.16. The van der Waals surface area contributed by atoms with Gasteiger partial charge in [0.2, 0.25) is 0 Å². The van der Waals surface area contributed by atoms with E-state index in [1.165, 1.54) is 63.0 Å². The lowest BCUT2D eigenvalue weighted by atomic mass is 10.4. The maximum atomic E-state index is 2.88. The van der Waals surface area contributed by atoms with Gasteiger partial charge in [-0.15, -0.1) is 9.24 Å². The molecule has 0 aromatic rings. The molecule has 0 aromatic heterocycles. The molecule has 2 nitrogen and oxygen atoms in total. The molecule has 0 bridgehead atoms. The molecule has 1 atom stereocenters. The number of nitrogens with zero attached hydrogens (tertiary/aromatic N) is 2. The van der Waals surface area contributed by atoms with Crippen LogP contribution in [0.3, 0.4) is 0 Å². The van der Waals surface area contributed by atoms with Crippen LogP contribution in [0.5, 0.6) is 0 Å². The molecule has 1 unspecified atom stereocenters. The van der Waals surface area contributed by atoms with Crippen molar-refractivity contribution >= 4 is 9.24 Å². The Morgan fingerprint density at radius 1 is 0.857 bits per heavy atom. The first-order valence-electron chi connectivity index (χ1n) is 5.75. The molecule has 2 aliphatic heterocycles. The Kier molecular flexibility index (Phi) is 3.33. The van der Waals surface area contributed by atoms with Crippen LogP contribution in [0.4, 0.5) is 0 Å². The molecule has 0 radical (unpaired) electrons. The van der Waals surface area contributed by atoms with Gasteiger partial charge in [0.25, 0.3) is 0 Å². The van der Waals surface area contributed by atoms with Gasteiger partial charge >= 0.3 is 0 Å². The lowest BCUT2D eigenvalue weighted by Crippen LogP contribution is -2.32. The van der Waals surface area contributed by atoms with Gasteiger partial charge in [0.05, 0.1) is 0 Å². The fraction of sp³-hybridized carbons (Fsp3) is 0.818. The van der Waals surface area contributed by atoms with Crippen molar-refractivity contribution in [3.05, 3.63) is 11.1 Å². The monoisotopic (exact) mass is 212 g/mol. The number of hydrogen-bond donors (Lipinski definition) is 0. The third-order valence-corrected chi connectivity index (χ3v) is 3.42. The zero-order chi connectivity index (χ0) is 9.97. The highest BCUT2D eigenvalue weighted by Gasteiger charge is 2.23. The maximum Gasteiger partial charge on any atom is 0.107 e. The van der Waals surface area contributed by atoms with Gasteiger partial charge in [0.15, 0.2) is 0 Å². The van der Waals surface area contributed by atoms with Crippen molar-refractivity contribution in [2.75, 3.05) is 26.2 Å². The van der Waals surface area contributed by atoms with Crippen molar-refractivity contribution in [1.29, 1.82) is 0 Å². The van der Waals surface area contributed by atoms with Crippen LogP contribution in [0.1, 0.15) is 32.6 Å². The van der Waals surface area contributed by atoms with Gasteiger partial charge in [0, 0.05) is 26.2 Å². The SMILES string of the molecule is CC(P)=C(N1CCCC1)N1CCCC1. The highest BCUT2D eigenvalue weighted by atomic mass is 31.0. The number of rotatable bonds is 2. The molecule has 80 valence electrons. The minimum atomic E-state index is 1.26. The largest absolute Gasteiger partial charge is 0.358 e. The first kappa shape index (κ1) is 10.3. The Labute approximate surface area is 89.5 Å². The average molecular weight is 212 g/mol. The minimum Gasteiger partial charge on any atom is -0.358 e. The molecule has 2 saturated heterocycles. The molecule has 2 fully saturated rings. The molecule has 0 aliphatic carbocycles. The van der Waals surface area contributed by atoms with E-state index < -0.39 is 0 Å². The van der Waals surface area contributed by atoms with Gasteiger partial charge in [-0.05, 0) is 37.9 Å². The molecule has 0 amide bonds. The summed E-state index contributed by atoms with van der Waals surface area (Å²) in [7, 11) is 2.88. The van der Waals surface area contributed by atoms with Gasteiger partial charge in [0.1, 0.15) is 5.82 Å². The van der Waals surface area contributed by atoms with E-state index in [0.29, 0.717) is 0 Å². The summed E-state index contributed by atoms with van der Waals surface area (Å²) in [5, 5.41) is 1.41. The zero-order valence-electron chi connectivity index (χ0n) is 9.13. The molecule has 0 N–H and O–H groups in total. The predicted molar refractivity (Wildman–Crippen MR) is 64.0 cm³/mol. The van der Waals surface area contributed by atoms with Crippen molar-refractivity contribution < 1.29 is 0 Å². The molecule has 2 aliphatic rings. The Morgan fingerprint density at radius 3 is 1.50 bits per heavy atom. The third kappa shape index (κ3) is 2.06. The van der Waals surface area contributed by atoms with Crippen LogP contribution in [0.25, 0.3) is 0 Å². The van der Waals surface area contributed by atoms with E-state index in [2.05, 4.69) is 26.0 Å². The van der Waals surface area contributed by atoms with Gasteiger partial charge < -0.3 is 9.80 Å². The molecule has 0 spiro atoms. The topological polar surface area (TPSA) is 6.48 Å². The number of likely N-dealkylation sites (tertiary alicyclic amines) is 2. The minimum absolute atomic E-state index is 1.26. The molecule has 14 heavy (non-hydrogen) atoms. The molecular weight excluding hydrogens is 191 g/mol. The maximum absolute atomic E-state index is 2.88. The van der Waals surface area contributed by atoms with Gasteiger partial charge in [-0.2, -0.15) is 0 Å². The first-order chi connectivity index (χ1) is 6.79. The predicted octanol–water partition coefficient (Wildman–Crippen LogP) is 2.24. The smallest absolute Gasteiger partial charge is 0.107 e. The summed E-state index contributed by atoms with van der Waals surface area (Å²) in [6.45, 7) is 7.26. The summed E-state index contributed by atoms with van der Waals surface area (Å²) in [4.78, 5) is 5.13. The quantitative estimate of drug-likeness (QED) is 0.648. The normalized spacial score (nSPS) is 21.9. The van der Waals surface area contributed by atoms with E-state index >= 15 is 0 Å². The Bertz CT molecular complexity index is 203. The van der Waals surface area contributed by atoms with Crippen molar-refractivity contribution in [2.45, 2.75) is 32.6 Å². The fourth-order valence-electron chi connectivity index (χ4n) is 2.56. The van der Waals surface area contributed by atoms with Crippen LogP contribution in [0.15, 0.2) is 11.1 Å². The Balaban J connectivity index is 2.10. The van der Waals surface area contributed by atoms with Crippen molar-refractivity contribution in [3.63, 3.8) is 0 Å². The van der Waals surface area contributed by atoms with Crippen molar-refractivity contribution in [3.8, 4) is 0 Å². The van der Waals surface area contributed by atoms with E-state index in [0.717, 1.165) is 0 Å². The van der Waals surface area contributed by atoms with Crippen molar-refractivity contribution in [2.24, 2.45) is 0 Å². The standard InChI is InChI=1S/C11H21N2P/c1-10(14)11(12-6-2-3-7-12)13-8-4-5-9-13/h2-9,14H2,1H3. The molecule has 2 heterocycles. The summed E-state index contributed by atoms with van der Waals surface area (Å²) in [6.07, 6.45) is 5.48. The molecule has 0 aromatic carbocycles. The summed E-state index contributed by atoms with van der Waals surface area (Å²) >= 11 is 0. The zero-order valence-corrected chi connectivity index (χ0v) is 10.3. The highest BCUT2D eigenvalue weighted by molar-refractivity contribution is 7.22. The summed E-state index contributed by atoms with van der Waals surface area (Å²) < 4.78 is 0. The van der Waals surface area contributed by atoms with E-state index in [4.69, 9.17) is 0 Å². The number of hydrogen-bond acceptors (Lipinski definition) is 2. The fourth-order valence-corrected chi connectivity index (χ4v) is 2.92. The van der Waals surface area contributed by atoms with Gasteiger partial charge in [-0.25, -0.2) is 0 Å². The molecular formula is C11H21N2P. The van der Waals surface area contributed by atoms with Crippen LogP contribution >= 0.6 is 9.24 Å². The van der Waals surface area contributed by atoms with Crippen LogP contribution in [0.2, 0.25) is 0 Å². The first-order valence-corrected chi connectivity index (χ1v) is 6.33. The van der Waals surface area contributed by atoms with E-state index in [-0.39, 0.29) is 0 Å². The van der Waals surface area contributed by atoms with Crippen LogP contribution in [-0.2, 0) is 0 Å². The second-order valence-corrected chi connectivity index (χ2v) is 5.26. The summed E-state index contributed by atoms with van der Waals surface area (Å²) in [6, 6.07) is 0. The molecule has 2 rings (SSSR count). The Morgan fingerprint density at radius 2 is 1.21 bits per heavy atom. The Hall–Kier alpha value is -0.230. The highest BCUT2D eigenvalue weighted by Crippen LogP contribution is 2.26. The van der Waals surface area contributed by atoms with E-state index in [9.17, 15) is 0 Å². The van der Waals surface area contributed by atoms with Crippen LogP contribution in [-0.4, -0.2) is 36.0 Å². The van der Waals surface area contributed by atoms with E-state index in [1.54, 1.807) is 0 Å². The van der Waals surface area contributed by atoms with Crippen molar-refractivity contribution in [1.82, 2.24) is 9.80 Å². The van der Waals surface area contributed by atoms with Gasteiger partial charge in [-0.1, -0.05) is 0 Å². The molecule has 0 saturated carbocycles. The second kappa shape index (κ2) is 4.53. The summed E-state index contributed by atoms with van der Waals surface area (Å²) in [5.41, 5.74) is 0. The number of allylic oxidation sites excluding steroid dienone is 1. The van der Waals surface area contributed by atoms with Crippen LogP contribution < -0.4 is 0 Å². The lowest BCUT2D eigenvalue weighted by molar-refractivity contribution is 0.268. The average Bonchev–Trinajstić information content (AvgIpc) is 2.75. The lowest BCUT2D eigenvalue weighted by Gasteiger charge is -2.31. The summed E-state index contributed by atoms with van der Waals surface area (Å²) in [5.74, 6) is 1.50. The second-order valence-electron chi connectivity index (χ2n) is 4.39. The van der Waals surface area contributed by atoms with Crippen LogP contribution in [0, 0.1) is 0 Å².